The molecule has 0 atom stereocenters. The number of ether oxygens (including phenoxy) is 1. The Hall–Kier alpha value is -2.89. The Labute approximate surface area is 163 Å². The average molecular weight is 385 g/mol. The van der Waals surface area contributed by atoms with Gasteiger partial charge in [0.2, 0.25) is 5.91 Å². The first-order valence-electron chi connectivity index (χ1n) is 9.53. The third-order valence-corrected chi connectivity index (χ3v) is 4.90. The lowest BCUT2D eigenvalue weighted by atomic mass is 10.0. The van der Waals surface area contributed by atoms with Gasteiger partial charge in [0.05, 0.1) is 5.69 Å². The second-order valence-electron chi connectivity index (χ2n) is 6.87. The van der Waals surface area contributed by atoms with Crippen LogP contribution in [0.15, 0.2) is 36.4 Å². The molecule has 1 heterocycles. The third-order valence-electron chi connectivity index (χ3n) is 4.90. The predicted molar refractivity (Wildman–Crippen MR) is 104 cm³/mol. The maximum absolute atomic E-state index is 14.2. The zero-order valence-corrected chi connectivity index (χ0v) is 15.9. The number of hydrogen-bond donors (Lipinski definition) is 1. The van der Waals surface area contributed by atoms with Gasteiger partial charge in [-0.25, -0.2) is 4.39 Å². The summed E-state index contributed by atoms with van der Waals surface area (Å²) in [6.07, 6.45) is 2.29. The molecule has 5 nitrogen and oxygen atoms in total. The van der Waals surface area contributed by atoms with E-state index in [1.807, 2.05) is 25.1 Å². The molecule has 0 fully saturated rings. The van der Waals surface area contributed by atoms with Crippen LogP contribution in [0.25, 0.3) is 0 Å². The second-order valence-corrected chi connectivity index (χ2v) is 6.87. The van der Waals surface area contributed by atoms with E-state index in [1.54, 1.807) is 17.0 Å². The topological polar surface area (TPSA) is 66.8 Å². The van der Waals surface area contributed by atoms with Gasteiger partial charge in [0.25, 0.3) is 0 Å². The van der Waals surface area contributed by atoms with Gasteiger partial charge in [0, 0.05) is 19.4 Å². The molecule has 0 saturated carbocycles. The molecule has 148 valence electrons. The number of fused-ring (bicyclic) bond motifs is 1. The Morgan fingerprint density at radius 1 is 1.25 bits per heavy atom. The number of aryl methyl sites for hydroxylation is 2. The first-order chi connectivity index (χ1) is 13.5. The lowest BCUT2D eigenvalue weighted by Crippen LogP contribution is -2.35. The minimum absolute atomic E-state index is 0.0610. The van der Waals surface area contributed by atoms with Crippen LogP contribution in [0, 0.1) is 5.82 Å². The van der Waals surface area contributed by atoms with Crippen molar-refractivity contribution in [3.63, 3.8) is 0 Å². The van der Waals surface area contributed by atoms with Crippen LogP contribution in [-0.2, 0) is 29.0 Å². The number of carbonyl (C=O) groups is 2. The molecule has 2 aromatic carbocycles. The van der Waals surface area contributed by atoms with Gasteiger partial charge >= 0.3 is 5.97 Å². The summed E-state index contributed by atoms with van der Waals surface area (Å²) in [5.74, 6) is -0.702. The van der Waals surface area contributed by atoms with Crippen LogP contribution in [-0.4, -0.2) is 23.5 Å². The highest BCUT2D eigenvalue weighted by molar-refractivity contribution is 5.96. The molecule has 3 rings (SSSR count). The van der Waals surface area contributed by atoms with E-state index in [-0.39, 0.29) is 25.4 Å². The molecule has 0 aliphatic carbocycles. The van der Waals surface area contributed by atoms with E-state index in [9.17, 15) is 14.0 Å². The number of carbonyl (C=O) groups excluding carboxylic acids is 1. The van der Waals surface area contributed by atoms with Crippen molar-refractivity contribution < 1.29 is 23.8 Å². The number of nitrogens with zero attached hydrogens (tertiary/aromatic N) is 1. The molecule has 1 amide bonds. The molecular formula is C22H24FNO4. The van der Waals surface area contributed by atoms with Crippen molar-refractivity contribution in [2.45, 2.75) is 45.6 Å². The maximum atomic E-state index is 14.2. The number of hydrogen-bond acceptors (Lipinski definition) is 3. The number of carboxylic acid groups (broad SMARTS) is 1. The van der Waals surface area contributed by atoms with Crippen LogP contribution in [0.2, 0.25) is 0 Å². The van der Waals surface area contributed by atoms with E-state index in [0.29, 0.717) is 29.8 Å². The largest absolute Gasteiger partial charge is 0.487 e. The molecule has 1 aliphatic heterocycles. The van der Waals surface area contributed by atoms with E-state index in [1.165, 1.54) is 6.07 Å². The van der Waals surface area contributed by atoms with E-state index in [4.69, 9.17) is 9.84 Å². The first kappa shape index (κ1) is 19.9. The van der Waals surface area contributed by atoms with Crippen LogP contribution in [0.5, 0.6) is 5.75 Å². The summed E-state index contributed by atoms with van der Waals surface area (Å²) in [7, 11) is 0. The number of benzene rings is 2. The molecule has 6 heteroatoms. The van der Waals surface area contributed by atoms with Gasteiger partial charge < -0.3 is 14.7 Å². The molecule has 28 heavy (non-hydrogen) atoms. The number of aliphatic carboxylic acids is 1. The number of para-hydroxylation sites is 1. The fourth-order valence-corrected chi connectivity index (χ4v) is 3.46. The molecule has 0 saturated heterocycles. The van der Waals surface area contributed by atoms with Crippen molar-refractivity contribution >= 4 is 17.6 Å². The van der Waals surface area contributed by atoms with Gasteiger partial charge in [-0.05, 0) is 48.1 Å². The molecule has 0 unspecified atom stereocenters. The van der Waals surface area contributed by atoms with Crippen molar-refractivity contribution in [3.05, 3.63) is 58.9 Å². The fraction of sp³-hybridized carbons (Fsp3) is 0.364. The Kier molecular flexibility index (Phi) is 6.29. The van der Waals surface area contributed by atoms with Crippen molar-refractivity contribution in [1.29, 1.82) is 0 Å². The smallest absolute Gasteiger partial charge is 0.303 e. The Morgan fingerprint density at radius 2 is 2.07 bits per heavy atom. The first-order valence-corrected chi connectivity index (χ1v) is 9.53. The molecule has 0 aromatic heterocycles. The summed E-state index contributed by atoms with van der Waals surface area (Å²) in [4.78, 5) is 24.8. The predicted octanol–water partition coefficient (Wildman–Crippen LogP) is 4.11. The fourth-order valence-electron chi connectivity index (χ4n) is 3.46. The van der Waals surface area contributed by atoms with Gasteiger partial charge in [-0.15, -0.1) is 0 Å². The van der Waals surface area contributed by atoms with Crippen molar-refractivity contribution in [3.8, 4) is 5.75 Å². The molecule has 1 aliphatic rings. The monoisotopic (exact) mass is 385 g/mol. The van der Waals surface area contributed by atoms with Gasteiger partial charge in [0.15, 0.2) is 0 Å². The van der Waals surface area contributed by atoms with Crippen LogP contribution < -0.4 is 9.64 Å². The highest BCUT2D eigenvalue weighted by Crippen LogP contribution is 2.37. The molecule has 0 radical (unpaired) electrons. The lowest BCUT2D eigenvalue weighted by Gasteiger charge is -2.31. The summed E-state index contributed by atoms with van der Waals surface area (Å²) < 4.78 is 20.2. The highest BCUT2D eigenvalue weighted by Gasteiger charge is 2.25. The lowest BCUT2D eigenvalue weighted by molar-refractivity contribution is -0.137. The van der Waals surface area contributed by atoms with Gasteiger partial charge in [-0.1, -0.05) is 31.2 Å². The zero-order valence-electron chi connectivity index (χ0n) is 15.9. The number of rotatable bonds is 7. The van der Waals surface area contributed by atoms with Crippen molar-refractivity contribution in [1.82, 2.24) is 0 Å². The molecule has 1 N–H and O–H groups in total. The zero-order chi connectivity index (χ0) is 20.1. The molecular weight excluding hydrogens is 361 g/mol. The highest BCUT2D eigenvalue weighted by atomic mass is 19.1. The standard InChI is InChI=1S/C22H24FNO4/c1-2-20(25)24-12-4-6-17-5-3-7-19(22(17)24)28-14-15-8-9-16(18(23)13-15)10-11-21(26)27/h3,5,7-9,13H,2,4,6,10-12,14H2,1H3,(H,26,27). The average Bonchev–Trinajstić information content (AvgIpc) is 2.70. The van der Waals surface area contributed by atoms with Crippen LogP contribution in [0.1, 0.15) is 42.9 Å². The Bertz CT molecular complexity index is 881. The minimum atomic E-state index is -0.952. The number of anilines is 1. The summed E-state index contributed by atoms with van der Waals surface area (Å²) in [6.45, 7) is 2.68. The number of amides is 1. The quantitative estimate of drug-likeness (QED) is 0.779. The second kappa shape index (κ2) is 8.87. The van der Waals surface area contributed by atoms with Crippen LogP contribution >= 0.6 is 0 Å². The number of halogens is 1. The molecule has 0 bridgehead atoms. The third kappa shape index (κ3) is 4.50. The van der Waals surface area contributed by atoms with E-state index < -0.39 is 11.8 Å². The molecule has 2 aromatic rings. The summed E-state index contributed by atoms with van der Waals surface area (Å²) in [5.41, 5.74) is 2.93. The van der Waals surface area contributed by atoms with E-state index in [2.05, 4.69) is 0 Å². The Balaban J connectivity index is 1.76. The van der Waals surface area contributed by atoms with Gasteiger partial charge in [0.1, 0.15) is 18.2 Å². The van der Waals surface area contributed by atoms with E-state index >= 15 is 0 Å². The van der Waals surface area contributed by atoms with Gasteiger partial charge in [-0.3, -0.25) is 9.59 Å². The normalized spacial score (nSPS) is 13.1. The number of carboxylic acids is 1. The Morgan fingerprint density at radius 3 is 2.79 bits per heavy atom. The maximum Gasteiger partial charge on any atom is 0.303 e. The van der Waals surface area contributed by atoms with E-state index in [0.717, 1.165) is 24.1 Å². The minimum Gasteiger partial charge on any atom is -0.487 e. The van der Waals surface area contributed by atoms with Crippen LogP contribution in [0.4, 0.5) is 10.1 Å². The molecule has 0 spiro atoms. The van der Waals surface area contributed by atoms with Crippen molar-refractivity contribution in [2.24, 2.45) is 0 Å². The van der Waals surface area contributed by atoms with Crippen molar-refractivity contribution in [2.75, 3.05) is 11.4 Å². The van der Waals surface area contributed by atoms with Crippen LogP contribution in [0.3, 0.4) is 0 Å². The summed E-state index contributed by atoms with van der Waals surface area (Å²) in [6, 6.07) is 10.5. The van der Waals surface area contributed by atoms with Gasteiger partial charge in [-0.2, -0.15) is 0 Å². The SMILES string of the molecule is CCC(=O)N1CCCc2cccc(OCc3ccc(CCC(=O)O)c(F)c3)c21. The summed E-state index contributed by atoms with van der Waals surface area (Å²) >= 11 is 0. The summed E-state index contributed by atoms with van der Waals surface area (Å²) in [5, 5.41) is 8.74.